The molecule has 1 atom stereocenters. The minimum atomic E-state index is -0.931. The molecule has 0 radical (unpaired) electrons. The molecule has 5 nitrogen and oxygen atoms in total. The van der Waals surface area contributed by atoms with Gasteiger partial charge < -0.3 is 20.4 Å². The van der Waals surface area contributed by atoms with Gasteiger partial charge in [-0.3, -0.25) is 0 Å². The second kappa shape index (κ2) is 6.15. The molecule has 0 saturated carbocycles. The van der Waals surface area contributed by atoms with Crippen molar-refractivity contribution in [1.82, 2.24) is 0 Å². The zero-order chi connectivity index (χ0) is 13.7. The van der Waals surface area contributed by atoms with Gasteiger partial charge in [0.25, 0.3) is 0 Å². The summed E-state index contributed by atoms with van der Waals surface area (Å²) in [5.41, 5.74) is 5.17. The Bertz CT molecular complexity index is 429. The number of halogens is 2. The van der Waals surface area contributed by atoms with Crippen LogP contribution >= 0.6 is 0 Å². The molecule has 0 saturated heterocycles. The molecule has 0 spiro atoms. The largest absolute Gasteiger partial charge is 0.482 e. The van der Waals surface area contributed by atoms with Crippen LogP contribution in [0, 0.1) is 11.6 Å². The van der Waals surface area contributed by atoms with E-state index in [4.69, 9.17) is 20.4 Å². The van der Waals surface area contributed by atoms with Crippen LogP contribution in [0.25, 0.3) is 0 Å². The summed E-state index contributed by atoms with van der Waals surface area (Å²) in [5, 5.41) is 11.1. The summed E-state index contributed by atoms with van der Waals surface area (Å²) >= 11 is 0. The summed E-state index contributed by atoms with van der Waals surface area (Å²) in [6, 6.07) is 1.85. The van der Waals surface area contributed by atoms with E-state index < -0.39 is 23.5 Å². The molecule has 1 aromatic carbocycles. The highest BCUT2D eigenvalue weighted by Crippen LogP contribution is 2.24. The highest BCUT2D eigenvalue weighted by Gasteiger charge is 2.16. The first kappa shape index (κ1) is 14.2. The van der Waals surface area contributed by atoms with E-state index in [0.29, 0.717) is 0 Å². The standard InChI is InChI=1S/C11H14F2N2O3/c1-6(5-17-2)18-10-8(12)3-7(4-9(10)13)11(14)15-16/h3-4,6,16H,5H2,1-2H3,(H2,14,15). The number of amidine groups is 1. The maximum atomic E-state index is 13.6. The molecule has 100 valence electrons. The van der Waals surface area contributed by atoms with Crippen molar-refractivity contribution in [1.29, 1.82) is 0 Å². The fraction of sp³-hybridized carbons (Fsp3) is 0.364. The molecule has 3 N–H and O–H groups in total. The molecule has 0 aliphatic heterocycles. The predicted octanol–water partition coefficient (Wildman–Crippen LogP) is 1.47. The van der Waals surface area contributed by atoms with Crippen molar-refractivity contribution in [3.8, 4) is 5.75 Å². The van der Waals surface area contributed by atoms with Crippen molar-refractivity contribution in [2.45, 2.75) is 13.0 Å². The highest BCUT2D eigenvalue weighted by atomic mass is 19.1. The molecule has 0 bridgehead atoms. The van der Waals surface area contributed by atoms with Gasteiger partial charge in [-0.05, 0) is 19.1 Å². The van der Waals surface area contributed by atoms with Crippen molar-refractivity contribution in [3.63, 3.8) is 0 Å². The Kier molecular flexibility index (Phi) is 4.85. The van der Waals surface area contributed by atoms with Crippen LogP contribution in [0.15, 0.2) is 17.3 Å². The SMILES string of the molecule is COCC(C)Oc1c(F)cc(C(N)=NO)cc1F. The first-order valence-electron chi connectivity index (χ1n) is 5.12. The summed E-state index contributed by atoms with van der Waals surface area (Å²) in [4.78, 5) is 0. The number of nitrogens with two attached hydrogens (primary N) is 1. The third-order valence-corrected chi connectivity index (χ3v) is 2.12. The first-order chi connectivity index (χ1) is 8.49. The van der Waals surface area contributed by atoms with E-state index >= 15 is 0 Å². The van der Waals surface area contributed by atoms with Gasteiger partial charge >= 0.3 is 0 Å². The van der Waals surface area contributed by atoms with E-state index in [2.05, 4.69) is 5.16 Å². The van der Waals surface area contributed by atoms with Crippen molar-refractivity contribution >= 4 is 5.84 Å². The number of rotatable bonds is 5. The van der Waals surface area contributed by atoms with E-state index in [0.717, 1.165) is 12.1 Å². The summed E-state index contributed by atoms with van der Waals surface area (Å²) < 4.78 is 37.1. The maximum absolute atomic E-state index is 13.6. The topological polar surface area (TPSA) is 77.1 Å². The molecular formula is C11H14F2N2O3. The fourth-order valence-corrected chi connectivity index (χ4v) is 1.35. The Hall–Kier alpha value is -1.89. The Balaban J connectivity index is 3.01. The molecular weight excluding hydrogens is 246 g/mol. The highest BCUT2D eigenvalue weighted by molar-refractivity contribution is 5.97. The van der Waals surface area contributed by atoms with E-state index in [1.54, 1.807) is 6.92 Å². The number of nitrogens with zero attached hydrogens (tertiary/aromatic N) is 1. The van der Waals surface area contributed by atoms with Crippen LogP contribution in [0.1, 0.15) is 12.5 Å². The van der Waals surface area contributed by atoms with Crippen LogP contribution in [0.4, 0.5) is 8.78 Å². The lowest BCUT2D eigenvalue weighted by Crippen LogP contribution is -2.20. The fourth-order valence-electron chi connectivity index (χ4n) is 1.35. The van der Waals surface area contributed by atoms with Gasteiger partial charge in [-0.25, -0.2) is 8.78 Å². The smallest absolute Gasteiger partial charge is 0.191 e. The summed E-state index contributed by atoms with van der Waals surface area (Å²) in [7, 11) is 1.45. The molecule has 0 amide bonds. The Morgan fingerprint density at radius 3 is 2.44 bits per heavy atom. The van der Waals surface area contributed by atoms with Gasteiger partial charge in [-0.2, -0.15) is 0 Å². The molecule has 1 unspecified atom stereocenters. The lowest BCUT2D eigenvalue weighted by molar-refractivity contribution is 0.0862. The van der Waals surface area contributed by atoms with Crippen LogP contribution < -0.4 is 10.5 Å². The summed E-state index contributed by atoms with van der Waals surface area (Å²) in [6.07, 6.45) is -0.506. The number of ether oxygens (including phenoxy) is 2. The zero-order valence-electron chi connectivity index (χ0n) is 9.98. The molecule has 0 aromatic heterocycles. The molecule has 7 heteroatoms. The maximum Gasteiger partial charge on any atom is 0.191 e. The number of hydrogen-bond acceptors (Lipinski definition) is 4. The molecule has 1 rings (SSSR count). The van der Waals surface area contributed by atoms with Crippen molar-refractivity contribution in [3.05, 3.63) is 29.3 Å². The van der Waals surface area contributed by atoms with Gasteiger partial charge in [0.1, 0.15) is 6.10 Å². The second-order valence-electron chi connectivity index (χ2n) is 3.64. The summed E-state index contributed by atoms with van der Waals surface area (Å²) in [6.45, 7) is 1.81. The van der Waals surface area contributed by atoms with E-state index in [-0.39, 0.29) is 18.0 Å². The third-order valence-electron chi connectivity index (χ3n) is 2.12. The molecule has 18 heavy (non-hydrogen) atoms. The second-order valence-corrected chi connectivity index (χ2v) is 3.64. The molecule has 0 aliphatic rings. The lowest BCUT2D eigenvalue weighted by atomic mass is 10.2. The summed E-state index contributed by atoms with van der Waals surface area (Å²) in [5.74, 6) is -2.77. The monoisotopic (exact) mass is 260 g/mol. The van der Waals surface area contributed by atoms with E-state index in [9.17, 15) is 8.78 Å². The van der Waals surface area contributed by atoms with Crippen LogP contribution in [0.3, 0.4) is 0 Å². The average Bonchev–Trinajstić information content (AvgIpc) is 2.32. The Labute approximate surface area is 103 Å². The minimum Gasteiger partial charge on any atom is -0.482 e. The van der Waals surface area contributed by atoms with E-state index in [1.165, 1.54) is 7.11 Å². The third kappa shape index (κ3) is 3.30. The predicted molar refractivity (Wildman–Crippen MR) is 60.8 cm³/mol. The first-order valence-corrected chi connectivity index (χ1v) is 5.12. The van der Waals surface area contributed by atoms with Gasteiger partial charge in [-0.1, -0.05) is 5.16 Å². The number of hydrogen-bond donors (Lipinski definition) is 2. The van der Waals surface area contributed by atoms with Crippen LogP contribution in [-0.2, 0) is 4.74 Å². The normalized spacial score (nSPS) is 13.4. The Morgan fingerprint density at radius 1 is 1.44 bits per heavy atom. The number of methoxy groups -OCH3 is 1. The van der Waals surface area contributed by atoms with Crippen molar-refractivity contribution in [2.75, 3.05) is 13.7 Å². The zero-order valence-corrected chi connectivity index (χ0v) is 9.98. The number of benzene rings is 1. The van der Waals surface area contributed by atoms with Crippen LogP contribution in [-0.4, -0.2) is 30.9 Å². The van der Waals surface area contributed by atoms with Gasteiger partial charge in [0, 0.05) is 12.7 Å². The van der Waals surface area contributed by atoms with Gasteiger partial charge in [0.15, 0.2) is 23.2 Å². The lowest BCUT2D eigenvalue weighted by Gasteiger charge is -2.15. The van der Waals surface area contributed by atoms with Crippen LogP contribution in [0.2, 0.25) is 0 Å². The quantitative estimate of drug-likeness (QED) is 0.364. The van der Waals surface area contributed by atoms with Gasteiger partial charge in [0.2, 0.25) is 0 Å². The number of oxime groups is 1. The molecule has 0 heterocycles. The Morgan fingerprint density at radius 2 is 2.00 bits per heavy atom. The molecule has 0 fully saturated rings. The molecule has 0 aliphatic carbocycles. The minimum absolute atomic E-state index is 0.0701. The molecule has 1 aromatic rings. The average molecular weight is 260 g/mol. The van der Waals surface area contributed by atoms with E-state index in [1.807, 2.05) is 0 Å². The van der Waals surface area contributed by atoms with Gasteiger partial charge in [0.05, 0.1) is 6.61 Å². The van der Waals surface area contributed by atoms with Crippen molar-refractivity contribution < 1.29 is 23.5 Å². The van der Waals surface area contributed by atoms with Crippen molar-refractivity contribution in [2.24, 2.45) is 10.9 Å². The van der Waals surface area contributed by atoms with Gasteiger partial charge in [-0.15, -0.1) is 0 Å². The van der Waals surface area contributed by atoms with Crippen LogP contribution in [0.5, 0.6) is 5.75 Å².